The van der Waals surface area contributed by atoms with Crippen LogP contribution in [0.1, 0.15) is 28.2 Å². The molecule has 34 heavy (non-hydrogen) atoms. The molecule has 1 aromatic heterocycles. The molecular weight excluding hydrogens is 450 g/mol. The molecule has 1 aliphatic heterocycles. The van der Waals surface area contributed by atoms with Gasteiger partial charge in [0.05, 0.1) is 28.7 Å². The first-order valence-corrected chi connectivity index (χ1v) is 12.1. The summed E-state index contributed by atoms with van der Waals surface area (Å²) < 4.78 is 7.66. The maximum atomic E-state index is 12.6. The summed E-state index contributed by atoms with van der Waals surface area (Å²) in [6, 6.07) is 14.8. The third kappa shape index (κ3) is 5.97. The van der Waals surface area contributed by atoms with Gasteiger partial charge in [-0.15, -0.1) is 0 Å². The van der Waals surface area contributed by atoms with Gasteiger partial charge < -0.3 is 19.9 Å². The van der Waals surface area contributed by atoms with Crippen LogP contribution in [-0.2, 0) is 0 Å². The van der Waals surface area contributed by atoms with Gasteiger partial charge in [0.2, 0.25) is 0 Å². The number of nitrogens with one attached hydrogen (secondary N) is 1. The number of nitrogens with zero attached hydrogens (tertiary/aromatic N) is 4. The minimum atomic E-state index is -0.163. The predicted octanol–water partition coefficient (Wildman–Crippen LogP) is 4.41. The van der Waals surface area contributed by atoms with E-state index in [-0.39, 0.29) is 5.91 Å². The number of amides is 1. The quantitative estimate of drug-likeness (QED) is 0.483. The van der Waals surface area contributed by atoms with Crippen LogP contribution in [0.5, 0.6) is 5.75 Å². The number of hydrogen-bond acceptors (Lipinski definition) is 5. The van der Waals surface area contributed by atoms with Crippen LogP contribution in [0.2, 0.25) is 5.02 Å². The summed E-state index contributed by atoms with van der Waals surface area (Å²) in [4.78, 5) is 17.5. The van der Waals surface area contributed by atoms with E-state index >= 15 is 0 Å². The van der Waals surface area contributed by atoms with Gasteiger partial charge in [0.15, 0.2) is 0 Å². The van der Waals surface area contributed by atoms with Crippen LogP contribution in [0.25, 0.3) is 5.69 Å². The maximum absolute atomic E-state index is 12.6. The van der Waals surface area contributed by atoms with E-state index in [1.165, 1.54) is 0 Å². The molecule has 0 saturated carbocycles. The van der Waals surface area contributed by atoms with Crippen LogP contribution < -0.4 is 10.1 Å². The average Bonchev–Trinajstić information content (AvgIpc) is 3.11. The van der Waals surface area contributed by atoms with Crippen molar-refractivity contribution in [1.29, 1.82) is 0 Å². The molecular formula is C26H32ClN5O2. The van der Waals surface area contributed by atoms with Crippen LogP contribution in [0.4, 0.5) is 5.69 Å². The second-order valence-corrected chi connectivity index (χ2v) is 9.15. The van der Waals surface area contributed by atoms with Gasteiger partial charge in [0.25, 0.3) is 5.91 Å². The highest BCUT2D eigenvalue weighted by Gasteiger charge is 2.13. The smallest absolute Gasteiger partial charge is 0.255 e. The predicted molar refractivity (Wildman–Crippen MR) is 136 cm³/mol. The summed E-state index contributed by atoms with van der Waals surface area (Å²) in [5, 5.41) is 8.06. The van der Waals surface area contributed by atoms with Crippen LogP contribution in [0, 0.1) is 13.8 Å². The molecule has 2 aromatic carbocycles. The normalized spacial score (nSPS) is 14.8. The van der Waals surface area contributed by atoms with Crippen molar-refractivity contribution in [1.82, 2.24) is 19.6 Å². The molecule has 1 fully saturated rings. The molecule has 3 aromatic rings. The minimum Gasteiger partial charge on any atom is -0.494 e. The number of benzene rings is 2. The number of rotatable bonds is 8. The molecule has 4 rings (SSSR count). The minimum absolute atomic E-state index is 0.163. The molecule has 180 valence electrons. The lowest BCUT2D eigenvalue weighted by atomic mass is 10.2. The highest BCUT2D eigenvalue weighted by Crippen LogP contribution is 2.23. The third-order valence-corrected chi connectivity index (χ3v) is 6.72. The summed E-state index contributed by atoms with van der Waals surface area (Å²) >= 11 is 6.25. The van der Waals surface area contributed by atoms with Gasteiger partial charge in [-0.1, -0.05) is 11.6 Å². The summed E-state index contributed by atoms with van der Waals surface area (Å²) in [6.45, 7) is 10.1. The van der Waals surface area contributed by atoms with E-state index in [1.807, 2.05) is 50.2 Å². The Labute approximate surface area is 206 Å². The average molecular weight is 482 g/mol. The van der Waals surface area contributed by atoms with Crippen molar-refractivity contribution in [3.05, 3.63) is 70.5 Å². The molecule has 0 spiro atoms. The van der Waals surface area contributed by atoms with E-state index in [1.54, 1.807) is 16.8 Å². The van der Waals surface area contributed by atoms with Gasteiger partial charge in [-0.25, -0.2) is 4.68 Å². The number of carbonyl (C=O) groups excluding carboxylic acids is 1. The number of aromatic nitrogens is 2. The van der Waals surface area contributed by atoms with Gasteiger partial charge in [0.1, 0.15) is 5.75 Å². The molecule has 2 heterocycles. The van der Waals surface area contributed by atoms with Crippen LogP contribution in [-0.4, -0.2) is 71.9 Å². The Balaban J connectivity index is 1.25. The van der Waals surface area contributed by atoms with Crippen LogP contribution in [0.3, 0.4) is 0 Å². The molecule has 0 unspecified atom stereocenters. The van der Waals surface area contributed by atoms with Gasteiger partial charge in [-0.05, 0) is 75.8 Å². The summed E-state index contributed by atoms with van der Waals surface area (Å²) in [5.41, 5.74) is 3.86. The van der Waals surface area contributed by atoms with E-state index in [0.29, 0.717) is 22.9 Å². The molecule has 1 N–H and O–H groups in total. The molecule has 0 aliphatic carbocycles. The first-order chi connectivity index (χ1) is 16.4. The van der Waals surface area contributed by atoms with E-state index in [4.69, 9.17) is 16.3 Å². The Morgan fingerprint density at radius 3 is 2.32 bits per heavy atom. The molecule has 7 nitrogen and oxygen atoms in total. The van der Waals surface area contributed by atoms with Crippen molar-refractivity contribution in [2.24, 2.45) is 0 Å². The van der Waals surface area contributed by atoms with Crippen molar-refractivity contribution >= 4 is 23.2 Å². The van der Waals surface area contributed by atoms with Crippen molar-refractivity contribution in [3.63, 3.8) is 0 Å². The third-order valence-electron chi connectivity index (χ3n) is 6.17. The number of likely N-dealkylation sites (N-methyl/N-ethyl adjacent to an activating group) is 1. The highest BCUT2D eigenvalue weighted by molar-refractivity contribution is 6.31. The number of hydrogen-bond donors (Lipinski definition) is 1. The summed E-state index contributed by atoms with van der Waals surface area (Å²) in [7, 11) is 2.17. The lowest BCUT2D eigenvalue weighted by Crippen LogP contribution is -2.44. The van der Waals surface area contributed by atoms with Crippen LogP contribution >= 0.6 is 11.6 Å². The molecule has 0 atom stereocenters. The van der Waals surface area contributed by atoms with Gasteiger partial charge in [-0.2, -0.15) is 5.10 Å². The number of aryl methyl sites for hydroxylation is 1. The zero-order valence-corrected chi connectivity index (χ0v) is 20.8. The van der Waals surface area contributed by atoms with Crippen molar-refractivity contribution in [2.75, 3.05) is 51.7 Å². The fourth-order valence-electron chi connectivity index (χ4n) is 4.02. The zero-order valence-electron chi connectivity index (χ0n) is 20.1. The topological polar surface area (TPSA) is 62.6 Å². The molecule has 0 radical (unpaired) electrons. The second kappa shape index (κ2) is 11.0. The molecule has 1 amide bonds. The monoisotopic (exact) mass is 481 g/mol. The van der Waals surface area contributed by atoms with Gasteiger partial charge in [-0.3, -0.25) is 4.79 Å². The Bertz CT molecular complexity index is 1100. The molecule has 0 bridgehead atoms. The number of carbonyl (C=O) groups is 1. The van der Waals surface area contributed by atoms with E-state index in [2.05, 4.69) is 27.3 Å². The largest absolute Gasteiger partial charge is 0.494 e. The Hall–Kier alpha value is -2.87. The molecule has 1 aliphatic rings. The first-order valence-electron chi connectivity index (χ1n) is 11.7. The van der Waals surface area contributed by atoms with Crippen molar-refractivity contribution in [2.45, 2.75) is 20.3 Å². The Kier molecular flexibility index (Phi) is 7.88. The first kappa shape index (κ1) is 24.3. The van der Waals surface area contributed by atoms with Crippen molar-refractivity contribution < 1.29 is 9.53 Å². The van der Waals surface area contributed by atoms with E-state index in [9.17, 15) is 4.79 Å². The van der Waals surface area contributed by atoms with Crippen molar-refractivity contribution in [3.8, 4) is 11.4 Å². The molecule has 1 saturated heterocycles. The SMILES string of the molecule is Cc1nn(-c2ccc(NC(=O)c3ccc(OCCCN4CCN(C)CC4)cc3)cc2)c(C)c1Cl. The fraction of sp³-hybridized carbons (Fsp3) is 0.385. The number of ether oxygens (including phenoxy) is 1. The zero-order chi connectivity index (χ0) is 24.1. The second-order valence-electron chi connectivity index (χ2n) is 8.77. The maximum Gasteiger partial charge on any atom is 0.255 e. The van der Waals surface area contributed by atoms with Gasteiger partial charge in [0, 0.05) is 44.0 Å². The lowest BCUT2D eigenvalue weighted by Gasteiger charge is -2.32. The standard InChI is InChI=1S/C26H32ClN5O2/c1-19-25(27)20(2)32(29-19)23-9-7-22(8-10-23)28-26(33)21-5-11-24(12-6-21)34-18-4-13-31-16-14-30(3)15-17-31/h5-12H,4,13-18H2,1-3H3,(H,28,33). The summed E-state index contributed by atoms with van der Waals surface area (Å²) in [5.74, 6) is 0.617. The van der Waals surface area contributed by atoms with Crippen LogP contribution in [0.15, 0.2) is 48.5 Å². The fourth-order valence-corrected chi connectivity index (χ4v) is 4.13. The number of anilines is 1. The summed E-state index contributed by atoms with van der Waals surface area (Å²) in [6.07, 6.45) is 0.992. The number of halogens is 1. The lowest BCUT2D eigenvalue weighted by molar-refractivity contribution is 0.102. The van der Waals surface area contributed by atoms with Gasteiger partial charge >= 0.3 is 0 Å². The molecule has 8 heteroatoms. The Morgan fingerprint density at radius 1 is 1.03 bits per heavy atom. The van der Waals surface area contributed by atoms with E-state index < -0.39 is 0 Å². The Morgan fingerprint density at radius 2 is 1.71 bits per heavy atom. The highest BCUT2D eigenvalue weighted by atomic mass is 35.5. The van der Waals surface area contributed by atoms with E-state index in [0.717, 1.165) is 62.0 Å². The number of piperazine rings is 1.